The lowest BCUT2D eigenvalue weighted by atomic mass is 10.1. The number of nitrogens with zero attached hydrogens (tertiary/aromatic N) is 1. The highest BCUT2D eigenvalue weighted by molar-refractivity contribution is 9.10. The molecule has 0 unspecified atom stereocenters. The highest BCUT2D eigenvalue weighted by atomic mass is 79.9. The quantitative estimate of drug-likeness (QED) is 0.534. The van der Waals surface area contributed by atoms with E-state index in [-0.39, 0.29) is 11.5 Å². The van der Waals surface area contributed by atoms with E-state index in [1.54, 1.807) is 36.4 Å². The first-order chi connectivity index (χ1) is 13.3. The summed E-state index contributed by atoms with van der Waals surface area (Å²) in [6.07, 6.45) is -2.19. The number of alkyl halides is 2. The van der Waals surface area contributed by atoms with E-state index in [9.17, 15) is 13.6 Å². The maximum Gasteiger partial charge on any atom is 0.586 e. The Morgan fingerprint density at radius 3 is 2.50 bits per heavy atom. The van der Waals surface area contributed by atoms with Gasteiger partial charge in [-0.2, -0.15) is 0 Å². The van der Waals surface area contributed by atoms with Crippen molar-refractivity contribution in [3.8, 4) is 22.6 Å². The molecule has 0 fully saturated rings. The number of carbonyl (C=O) groups excluding carboxylic acids is 1. The van der Waals surface area contributed by atoms with Crippen molar-refractivity contribution in [3.63, 3.8) is 0 Å². The Kier molecular flexibility index (Phi) is 4.68. The van der Waals surface area contributed by atoms with Crippen LogP contribution in [0.25, 0.3) is 11.1 Å². The van der Waals surface area contributed by atoms with E-state index in [4.69, 9.17) is 11.6 Å². The van der Waals surface area contributed by atoms with Crippen molar-refractivity contribution >= 4 is 39.3 Å². The molecule has 1 aliphatic heterocycles. The third kappa shape index (κ3) is 3.65. The number of rotatable bonds is 3. The molecule has 142 valence electrons. The van der Waals surface area contributed by atoms with Gasteiger partial charge < -0.3 is 14.8 Å². The summed E-state index contributed by atoms with van der Waals surface area (Å²) >= 11 is 9.34. The van der Waals surface area contributed by atoms with Crippen LogP contribution in [0.4, 0.5) is 14.6 Å². The lowest BCUT2D eigenvalue weighted by Gasteiger charge is -2.09. The molecule has 3 aromatic rings. The van der Waals surface area contributed by atoms with Gasteiger partial charge in [0.15, 0.2) is 11.5 Å². The molecule has 0 radical (unpaired) electrons. The molecule has 0 aliphatic carbocycles. The second-order valence-corrected chi connectivity index (χ2v) is 7.07. The number of hydrogen-bond acceptors (Lipinski definition) is 4. The maximum atomic E-state index is 13.2. The molecule has 0 spiro atoms. The lowest BCUT2D eigenvalue weighted by Crippen LogP contribution is -2.25. The summed E-state index contributed by atoms with van der Waals surface area (Å²) in [4.78, 5) is 16.5. The number of anilines is 1. The Bertz CT molecular complexity index is 1080. The third-order valence-corrected chi connectivity index (χ3v) is 4.91. The molecule has 0 saturated heterocycles. The second kappa shape index (κ2) is 7.03. The minimum atomic E-state index is -3.69. The highest BCUT2D eigenvalue weighted by Gasteiger charge is 2.43. The van der Waals surface area contributed by atoms with E-state index in [0.29, 0.717) is 32.0 Å². The van der Waals surface area contributed by atoms with Crippen LogP contribution in [-0.4, -0.2) is 17.2 Å². The van der Waals surface area contributed by atoms with Crippen LogP contribution in [0.3, 0.4) is 0 Å². The monoisotopic (exact) mass is 466 g/mol. The SMILES string of the molecule is O=C(Nc1ccc(-c2cc3c(cc2Br)OC(F)(F)O3)cn1)c1ccccc1Cl. The van der Waals surface area contributed by atoms with Gasteiger partial charge in [-0.1, -0.05) is 39.7 Å². The van der Waals surface area contributed by atoms with Crippen LogP contribution in [0, 0.1) is 0 Å². The normalized spacial score (nSPS) is 14.0. The van der Waals surface area contributed by atoms with Crippen LogP contribution in [-0.2, 0) is 0 Å². The molecule has 1 aromatic heterocycles. The van der Waals surface area contributed by atoms with E-state index in [1.807, 2.05) is 0 Å². The predicted molar refractivity (Wildman–Crippen MR) is 103 cm³/mol. The van der Waals surface area contributed by atoms with Crippen molar-refractivity contribution < 1.29 is 23.0 Å². The topological polar surface area (TPSA) is 60.5 Å². The van der Waals surface area contributed by atoms with Crippen molar-refractivity contribution in [2.45, 2.75) is 6.29 Å². The fourth-order valence-electron chi connectivity index (χ4n) is 2.65. The van der Waals surface area contributed by atoms with Crippen molar-refractivity contribution in [2.24, 2.45) is 0 Å². The van der Waals surface area contributed by atoms with Gasteiger partial charge >= 0.3 is 6.29 Å². The number of ether oxygens (including phenoxy) is 2. The van der Waals surface area contributed by atoms with Gasteiger partial charge in [0.05, 0.1) is 10.6 Å². The summed E-state index contributed by atoms with van der Waals surface area (Å²) in [7, 11) is 0. The minimum absolute atomic E-state index is 0.0581. The van der Waals surface area contributed by atoms with Gasteiger partial charge in [-0.25, -0.2) is 4.98 Å². The molecule has 4 rings (SSSR count). The first-order valence-electron chi connectivity index (χ1n) is 7.94. The molecule has 5 nitrogen and oxygen atoms in total. The number of amides is 1. The molecular formula is C19H10BrClF2N2O3. The van der Waals surface area contributed by atoms with Gasteiger partial charge in [0, 0.05) is 21.8 Å². The van der Waals surface area contributed by atoms with Crippen molar-refractivity contribution in [2.75, 3.05) is 5.32 Å². The van der Waals surface area contributed by atoms with Gasteiger partial charge in [0.2, 0.25) is 0 Å². The van der Waals surface area contributed by atoms with Gasteiger partial charge in [-0.3, -0.25) is 4.79 Å². The average molecular weight is 468 g/mol. The minimum Gasteiger partial charge on any atom is -0.395 e. The van der Waals surface area contributed by atoms with E-state index in [2.05, 4.69) is 35.7 Å². The summed E-state index contributed by atoms with van der Waals surface area (Å²) in [5.41, 5.74) is 1.54. The number of halogens is 4. The fraction of sp³-hybridized carbons (Fsp3) is 0.0526. The molecule has 1 N–H and O–H groups in total. The van der Waals surface area contributed by atoms with Crippen LogP contribution in [0.5, 0.6) is 11.5 Å². The molecule has 1 aliphatic rings. The van der Waals surface area contributed by atoms with Crippen molar-refractivity contribution in [3.05, 3.63) is 69.8 Å². The van der Waals surface area contributed by atoms with Crippen LogP contribution in [0.1, 0.15) is 10.4 Å². The van der Waals surface area contributed by atoms with Gasteiger partial charge in [-0.05, 0) is 36.4 Å². The van der Waals surface area contributed by atoms with Gasteiger partial charge in [0.1, 0.15) is 5.82 Å². The fourth-order valence-corrected chi connectivity index (χ4v) is 3.42. The Labute approximate surface area is 171 Å². The number of hydrogen-bond donors (Lipinski definition) is 1. The highest BCUT2D eigenvalue weighted by Crippen LogP contribution is 2.46. The number of nitrogens with one attached hydrogen (secondary N) is 1. The predicted octanol–water partition coefficient (Wildman–Crippen LogP) is 5.74. The number of fused-ring (bicyclic) bond motifs is 1. The number of aromatic nitrogens is 1. The van der Waals surface area contributed by atoms with E-state index < -0.39 is 12.2 Å². The Morgan fingerprint density at radius 1 is 1.11 bits per heavy atom. The largest absolute Gasteiger partial charge is 0.586 e. The molecule has 1 amide bonds. The number of carbonyl (C=O) groups is 1. The zero-order valence-corrected chi connectivity index (χ0v) is 16.2. The number of pyridine rings is 1. The Morgan fingerprint density at radius 2 is 1.82 bits per heavy atom. The van der Waals surface area contributed by atoms with Gasteiger partial charge in [-0.15, -0.1) is 8.78 Å². The molecule has 9 heteroatoms. The molecular weight excluding hydrogens is 458 g/mol. The second-order valence-electron chi connectivity index (χ2n) is 5.81. The van der Waals surface area contributed by atoms with Crippen LogP contribution < -0.4 is 14.8 Å². The first kappa shape index (κ1) is 18.6. The smallest absolute Gasteiger partial charge is 0.395 e. The Hall–Kier alpha value is -2.71. The van der Waals surface area contributed by atoms with Crippen LogP contribution in [0.2, 0.25) is 5.02 Å². The molecule has 0 atom stereocenters. The van der Waals surface area contributed by atoms with E-state index in [0.717, 1.165) is 0 Å². The lowest BCUT2D eigenvalue weighted by molar-refractivity contribution is -0.286. The van der Waals surface area contributed by atoms with Crippen molar-refractivity contribution in [1.82, 2.24) is 4.98 Å². The van der Waals surface area contributed by atoms with Crippen LogP contribution >= 0.6 is 27.5 Å². The molecule has 28 heavy (non-hydrogen) atoms. The summed E-state index contributed by atoms with van der Waals surface area (Å²) in [5, 5.41) is 2.99. The Balaban J connectivity index is 1.56. The van der Waals surface area contributed by atoms with Gasteiger partial charge in [0.25, 0.3) is 5.91 Å². The molecule has 0 bridgehead atoms. The van der Waals surface area contributed by atoms with Crippen LogP contribution in [0.15, 0.2) is 59.2 Å². The number of benzene rings is 2. The average Bonchev–Trinajstić information content (AvgIpc) is 2.95. The molecule has 0 saturated carbocycles. The summed E-state index contributed by atoms with van der Waals surface area (Å²) in [5.74, 6) is -0.203. The molecule has 2 aromatic carbocycles. The maximum absolute atomic E-state index is 13.2. The first-order valence-corrected chi connectivity index (χ1v) is 9.11. The van der Waals surface area contributed by atoms with E-state index in [1.165, 1.54) is 18.3 Å². The summed E-state index contributed by atoms with van der Waals surface area (Å²) in [6, 6.07) is 12.8. The summed E-state index contributed by atoms with van der Waals surface area (Å²) < 4.78 is 35.9. The van der Waals surface area contributed by atoms with E-state index >= 15 is 0 Å². The zero-order chi connectivity index (χ0) is 19.9. The summed E-state index contributed by atoms with van der Waals surface area (Å²) in [6.45, 7) is 0. The molecule has 2 heterocycles. The zero-order valence-electron chi connectivity index (χ0n) is 13.9. The standard InChI is InChI=1S/C19H10BrClF2N2O3/c20-13-8-16-15(27-19(22,23)28-16)7-12(13)10-5-6-17(24-9-10)25-18(26)11-3-1-2-4-14(11)21/h1-9H,(H,24,25,26). The van der Waals surface area contributed by atoms with Crippen molar-refractivity contribution in [1.29, 1.82) is 0 Å². The third-order valence-electron chi connectivity index (χ3n) is 3.93.